The zero-order valence-electron chi connectivity index (χ0n) is 13.2. The summed E-state index contributed by atoms with van der Waals surface area (Å²) in [6, 6.07) is 0.630. The van der Waals surface area contributed by atoms with Crippen LogP contribution in [-0.4, -0.2) is 23.5 Å². The third kappa shape index (κ3) is 5.08. The fourth-order valence-corrected chi connectivity index (χ4v) is 3.84. The van der Waals surface area contributed by atoms with Crippen LogP contribution in [0.1, 0.15) is 64.5 Å². The fraction of sp³-hybridized carbons (Fsp3) is 0.750. The average Bonchev–Trinajstić information content (AvgIpc) is 2.86. The second-order valence-corrected chi connectivity index (χ2v) is 6.64. The molecule has 0 unspecified atom stereocenters. The van der Waals surface area contributed by atoms with Gasteiger partial charge in [-0.3, -0.25) is 9.69 Å². The molecule has 5 heteroatoms. The normalized spacial score (nSPS) is 17.2. The van der Waals surface area contributed by atoms with E-state index < -0.39 is 0 Å². The Bertz CT molecular complexity index is 438. The van der Waals surface area contributed by atoms with Crippen molar-refractivity contribution in [3.8, 4) is 0 Å². The number of amides is 1. The zero-order valence-corrected chi connectivity index (χ0v) is 14.0. The lowest BCUT2D eigenvalue weighted by molar-refractivity contribution is -0.116. The van der Waals surface area contributed by atoms with Crippen molar-refractivity contribution < 1.29 is 4.79 Å². The smallest absolute Gasteiger partial charge is 0.225 e. The molecule has 1 aromatic rings. The SMILES string of the molecule is CCN(C(C)=O)c1nc(CNC2CCCCCCC2)cs1. The number of nitrogens with zero attached hydrogens (tertiary/aromatic N) is 2. The van der Waals surface area contributed by atoms with Gasteiger partial charge in [-0.05, 0) is 19.8 Å². The van der Waals surface area contributed by atoms with Crippen LogP contribution in [0, 0.1) is 0 Å². The van der Waals surface area contributed by atoms with Gasteiger partial charge in [0.2, 0.25) is 5.91 Å². The van der Waals surface area contributed by atoms with E-state index in [1.165, 1.54) is 44.9 Å². The van der Waals surface area contributed by atoms with Gasteiger partial charge in [-0.2, -0.15) is 0 Å². The maximum absolute atomic E-state index is 11.5. The van der Waals surface area contributed by atoms with E-state index in [0.717, 1.165) is 17.4 Å². The molecule has 0 saturated heterocycles. The molecule has 0 atom stereocenters. The van der Waals surface area contributed by atoms with Crippen molar-refractivity contribution in [3.05, 3.63) is 11.1 Å². The summed E-state index contributed by atoms with van der Waals surface area (Å²) in [7, 11) is 0. The highest BCUT2D eigenvalue weighted by Crippen LogP contribution is 2.21. The van der Waals surface area contributed by atoms with Gasteiger partial charge in [-0.1, -0.05) is 32.1 Å². The van der Waals surface area contributed by atoms with E-state index in [2.05, 4.69) is 15.7 Å². The molecule has 1 fully saturated rings. The molecule has 118 valence electrons. The summed E-state index contributed by atoms with van der Waals surface area (Å²) in [5, 5.41) is 6.53. The van der Waals surface area contributed by atoms with Crippen LogP contribution in [0.2, 0.25) is 0 Å². The van der Waals surface area contributed by atoms with E-state index >= 15 is 0 Å². The maximum atomic E-state index is 11.5. The molecule has 0 radical (unpaired) electrons. The van der Waals surface area contributed by atoms with Crippen molar-refractivity contribution in [1.29, 1.82) is 0 Å². The first kappa shape index (κ1) is 16.4. The van der Waals surface area contributed by atoms with Crippen molar-refractivity contribution >= 4 is 22.4 Å². The minimum absolute atomic E-state index is 0.0615. The summed E-state index contributed by atoms with van der Waals surface area (Å²) in [6.45, 7) is 5.07. The highest BCUT2D eigenvalue weighted by Gasteiger charge is 2.15. The van der Waals surface area contributed by atoms with Gasteiger partial charge >= 0.3 is 0 Å². The van der Waals surface area contributed by atoms with Crippen LogP contribution in [-0.2, 0) is 11.3 Å². The molecule has 0 bridgehead atoms. The number of rotatable bonds is 5. The van der Waals surface area contributed by atoms with Gasteiger partial charge in [0.15, 0.2) is 5.13 Å². The van der Waals surface area contributed by atoms with Crippen molar-refractivity contribution in [2.75, 3.05) is 11.4 Å². The Hall–Kier alpha value is -0.940. The van der Waals surface area contributed by atoms with E-state index in [4.69, 9.17) is 0 Å². The highest BCUT2D eigenvalue weighted by atomic mass is 32.1. The van der Waals surface area contributed by atoms with Crippen molar-refractivity contribution in [2.45, 2.75) is 71.4 Å². The van der Waals surface area contributed by atoms with Crippen LogP contribution >= 0.6 is 11.3 Å². The van der Waals surface area contributed by atoms with E-state index in [1.807, 2.05) is 6.92 Å². The predicted octanol–water partition coefficient (Wildman–Crippen LogP) is 3.72. The minimum atomic E-state index is 0.0615. The molecule has 21 heavy (non-hydrogen) atoms. The Morgan fingerprint density at radius 2 is 2.00 bits per heavy atom. The zero-order chi connectivity index (χ0) is 15.1. The standard InChI is InChI=1S/C16H27N3OS/c1-3-19(13(2)20)16-18-15(12-21-16)11-17-14-9-7-5-4-6-8-10-14/h12,14,17H,3-11H2,1-2H3. The molecule has 1 aromatic heterocycles. The molecular formula is C16H27N3OS. The van der Waals surface area contributed by atoms with E-state index in [1.54, 1.807) is 23.2 Å². The molecule has 1 aliphatic rings. The lowest BCUT2D eigenvalue weighted by Gasteiger charge is -2.20. The molecule has 0 aliphatic heterocycles. The van der Waals surface area contributed by atoms with Gasteiger partial charge in [0, 0.05) is 31.4 Å². The molecule has 1 N–H and O–H groups in total. The van der Waals surface area contributed by atoms with Crippen LogP contribution in [0.15, 0.2) is 5.38 Å². The predicted molar refractivity (Wildman–Crippen MR) is 88.8 cm³/mol. The van der Waals surface area contributed by atoms with Gasteiger partial charge in [0.25, 0.3) is 0 Å². The molecular weight excluding hydrogens is 282 g/mol. The summed E-state index contributed by atoms with van der Waals surface area (Å²) >= 11 is 1.56. The third-order valence-corrected chi connectivity index (χ3v) is 5.06. The van der Waals surface area contributed by atoms with Crippen LogP contribution in [0.25, 0.3) is 0 Å². The molecule has 4 nitrogen and oxygen atoms in total. The molecule has 1 saturated carbocycles. The van der Waals surface area contributed by atoms with Gasteiger partial charge in [-0.15, -0.1) is 11.3 Å². The highest BCUT2D eigenvalue weighted by molar-refractivity contribution is 7.14. The number of aromatic nitrogens is 1. The number of hydrogen-bond donors (Lipinski definition) is 1. The van der Waals surface area contributed by atoms with Crippen molar-refractivity contribution in [1.82, 2.24) is 10.3 Å². The van der Waals surface area contributed by atoms with Gasteiger partial charge in [0.05, 0.1) is 5.69 Å². The Labute approximate surface area is 132 Å². The summed E-state index contributed by atoms with van der Waals surface area (Å²) in [5.41, 5.74) is 1.05. The minimum Gasteiger partial charge on any atom is -0.308 e. The quantitative estimate of drug-likeness (QED) is 0.901. The average molecular weight is 309 g/mol. The van der Waals surface area contributed by atoms with E-state index in [-0.39, 0.29) is 5.91 Å². The molecule has 0 aromatic carbocycles. The first-order valence-corrected chi connectivity index (χ1v) is 9.04. The first-order chi connectivity index (χ1) is 10.2. The number of carbonyl (C=O) groups is 1. The topological polar surface area (TPSA) is 45.2 Å². The third-order valence-electron chi connectivity index (χ3n) is 4.14. The Morgan fingerprint density at radius 1 is 1.33 bits per heavy atom. The lowest BCUT2D eigenvalue weighted by atomic mass is 9.97. The van der Waals surface area contributed by atoms with Crippen LogP contribution in [0.4, 0.5) is 5.13 Å². The molecule has 1 amide bonds. The van der Waals surface area contributed by atoms with Crippen LogP contribution < -0.4 is 10.2 Å². The van der Waals surface area contributed by atoms with Crippen LogP contribution in [0.3, 0.4) is 0 Å². The number of thiazole rings is 1. The summed E-state index contributed by atoms with van der Waals surface area (Å²) in [5.74, 6) is 0.0615. The number of hydrogen-bond acceptors (Lipinski definition) is 4. The molecule has 1 heterocycles. The molecule has 2 rings (SSSR count). The van der Waals surface area contributed by atoms with Gasteiger partial charge in [-0.25, -0.2) is 4.98 Å². The number of anilines is 1. The summed E-state index contributed by atoms with van der Waals surface area (Å²) < 4.78 is 0. The van der Waals surface area contributed by atoms with E-state index in [9.17, 15) is 4.79 Å². The van der Waals surface area contributed by atoms with Crippen LogP contribution in [0.5, 0.6) is 0 Å². The maximum Gasteiger partial charge on any atom is 0.225 e. The Balaban J connectivity index is 1.85. The van der Waals surface area contributed by atoms with Crippen molar-refractivity contribution in [3.63, 3.8) is 0 Å². The van der Waals surface area contributed by atoms with E-state index in [0.29, 0.717) is 12.6 Å². The summed E-state index contributed by atoms with van der Waals surface area (Å²) in [4.78, 5) is 17.9. The fourth-order valence-electron chi connectivity index (χ4n) is 2.90. The second-order valence-electron chi connectivity index (χ2n) is 5.81. The Morgan fingerprint density at radius 3 is 2.62 bits per heavy atom. The number of carbonyl (C=O) groups excluding carboxylic acids is 1. The molecule has 1 aliphatic carbocycles. The van der Waals surface area contributed by atoms with Gasteiger partial charge in [0.1, 0.15) is 0 Å². The monoisotopic (exact) mass is 309 g/mol. The first-order valence-electron chi connectivity index (χ1n) is 8.16. The van der Waals surface area contributed by atoms with Crippen molar-refractivity contribution in [2.24, 2.45) is 0 Å². The largest absolute Gasteiger partial charge is 0.308 e. The van der Waals surface area contributed by atoms with Gasteiger partial charge < -0.3 is 5.32 Å². The summed E-state index contributed by atoms with van der Waals surface area (Å²) in [6.07, 6.45) is 9.41. The lowest BCUT2D eigenvalue weighted by Crippen LogP contribution is -2.30. The number of nitrogens with one attached hydrogen (secondary N) is 1. The molecule has 0 spiro atoms. The Kier molecular flexibility index (Phi) is 6.64. The second kappa shape index (κ2) is 8.49.